The molecule has 3 rings (SSSR count). The molecule has 2 aliphatic rings. The van der Waals surface area contributed by atoms with Gasteiger partial charge in [0, 0.05) is 25.0 Å². The summed E-state index contributed by atoms with van der Waals surface area (Å²) in [5.74, 6) is -1.81. The van der Waals surface area contributed by atoms with Crippen LogP contribution in [0, 0.1) is 5.41 Å². The summed E-state index contributed by atoms with van der Waals surface area (Å²) in [6.07, 6.45) is -1.16. The lowest BCUT2D eigenvalue weighted by Gasteiger charge is -2.30. The van der Waals surface area contributed by atoms with Gasteiger partial charge in [-0.25, -0.2) is 13.2 Å². The fraction of sp³-hybridized carbons (Fsp3) is 0.688. The summed E-state index contributed by atoms with van der Waals surface area (Å²) in [5, 5.41) is 7.12. The van der Waals surface area contributed by atoms with Gasteiger partial charge in [-0.2, -0.15) is 17.5 Å². The van der Waals surface area contributed by atoms with Gasteiger partial charge in [0.05, 0.1) is 32.3 Å². The summed E-state index contributed by atoms with van der Waals surface area (Å²) in [4.78, 5) is 11.2. The van der Waals surface area contributed by atoms with E-state index in [1.54, 1.807) is 10.6 Å². The van der Waals surface area contributed by atoms with Crippen LogP contribution < -0.4 is 0 Å². The minimum Gasteiger partial charge on any atom is -0.475 e. The Hall–Kier alpha value is -1.63. The molecule has 1 unspecified atom stereocenters. The number of carboxylic acids is 1. The topological polar surface area (TPSA) is 100 Å². The van der Waals surface area contributed by atoms with Gasteiger partial charge in [-0.15, -0.1) is 0 Å². The van der Waals surface area contributed by atoms with Gasteiger partial charge in [0.1, 0.15) is 5.76 Å². The molecule has 1 N–H and O–H groups in total. The third-order valence-corrected chi connectivity index (χ3v) is 5.84. The normalized spacial score (nSPS) is 24.6. The number of hydrogen-bond acceptors (Lipinski definition) is 6. The highest BCUT2D eigenvalue weighted by molar-refractivity contribution is 7.88. The van der Waals surface area contributed by atoms with Crippen molar-refractivity contribution in [2.75, 3.05) is 45.6 Å². The van der Waals surface area contributed by atoms with E-state index < -0.39 is 22.2 Å². The minimum atomic E-state index is -5.08. The SMILES string of the molecule is CS(=O)(=O)N1CCOCC2(CCN(Cc3ccco3)C2)C1.O=C(O)C(F)(F)F. The molecule has 0 bridgehead atoms. The number of carbonyl (C=O) groups is 1. The predicted molar refractivity (Wildman–Crippen MR) is 92.0 cm³/mol. The van der Waals surface area contributed by atoms with Gasteiger partial charge in [0.25, 0.3) is 0 Å². The van der Waals surface area contributed by atoms with Crippen molar-refractivity contribution in [2.24, 2.45) is 5.41 Å². The molecule has 0 aliphatic carbocycles. The number of aliphatic carboxylic acids is 1. The number of alkyl halides is 3. The van der Waals surface area contributed by atoms with Crippen molar-refractivity contribution in [1.29, 1.82) is 0 Å². The molecular weight excluding hydrogens is 405 g/mol. The van der Waals surface area contributed by atoms with Crippen molar-refractivity contribution in [2.45, 2.75) is 19.1 Å². The van der Waals surface area contributed by atoms with E-state index in [9.17, 15) is 21.6 Å². The minimum absolute atomic E-state index is 0.0911. The molecule has 8 nitrogen and oxygen atoms in total. The van der Waals surface area contributed by atoms with Crippen LogP contribution in [-0.4, -0.2) is 80.5 Å². The van der Waals surface area contributed by atoms with E-state index in [1.165, 1.54) is 6.26 Å². The van der Waals surface area contributed by atoms with Gasteiger partial charge in [-0.1, -0.05) is 0 Å². The van der Waals surface area contributed by atoms with E-state index in [2.05, 4.69) is 4.90 Å². The molecule has 0 aromatic carbocycles. The lowest BCUT2D eigenvalue weighted by molar-refractivity contribution is -0.192. The third-order valence-electron chi connectivity index (χ3n) is 4.59. The van der Waals surface area contributed by atoms with Crippen LogP contribution in [0.2, 0.25) is 0 Å². The quantitative estimate of drug-likeness (QED) is 0.777. The zero-order chi connectivity index (χ0) is 21.0. The summed E-state index contributed by atoms with van der Waals surface area (Å²) in [6, 6.07) is 3.86. The highest BCUT2D eigenvalue weighted by atomic mass is 32.2. The van der Waals surface area contributed by atoms with Crippen molar-refractivity contribution in [3.8, 4) is 0 Å². The van der Waals surface area contributed by atoms with E-state index in [4.69, 9.17) is 19.1 Å². The van der Waals surface area contributed by atoms with Crippen LogP contribution in [0.25, 0.3) is 0 Å². The standard InChI is InChI=1S/C14H22N2O4S.C2HF3O2/c1-21(17,18)16-6-8-19-12-14(11-16)4-5-15(10-14)9-13-3-2-7-20-13;3-2(4,5)1(6)7/h2-3,7H,4-6,8-12H2,1H3;(H,6,7). The monoisotopic (exact) mass is 428 g/mol. The highest BCUT2D eigenvalue weighted by Gasteiger charge is 2.43. The van der Waals surface area contributed by atoms with Crippen LogP contribution in [0.4, 0.5) is 13.2 Å². The lowest BCUT2D eigenvalue weighted by Crippen LogP contribution is -2.42. The number of rotatable bonds is 3. The van der Waals surface area contributed by atoms with E-state index in [0.717, 1.165) is 31.8 Å². The molecular formula is C16H23F3N2O6S. The fourth-order valence-corrected chi connectivity index (χ4v) is 4.18. The molecule has 160 valence electrons. The molecule has 0 radical (unpaired) electrons. The van der Waals surface area contributed by atoms with E-state index >= 15 is 0 Å². The molecule has 2 aliphatic heterocycles. The Balaban J connectivity index is 0.000000345. The Morgan fingerprint density at radius 2 is 2.00 bits per heavy atom. The molecule has 2 saturated heterocycles. The Morgan fingerprint density at radius 1 is 1.32 bits per heavy atom. The maximum absolute atomic E-state index is 11.9. The number of hydrogen-bond donors (Lipinski definition) is 1. The Bertz CT molecular complexity index is 753. The van der Waals surface area contributed by atoms with Crippen molar-refractivity contribution in [1.82, 2.24) is 9.21 Å². The first-order valence-electron chi connectivity index (χ1n) is 8.49. The van der Waals surface area contributed by atoms with Crippen LogP contribution in [0.1, 0.15) is 12.2 Å². The first kappa shape index (κ1) is 22.7. The summed E-state index contributed by atoms with van der Waals surface area (Å²) in [6.45, 7) is 4.69. The number of ether oxygens (including phenoxy) is 1. The Morgan fingerprint density at radius 3 is 2.54 bits per heavy atom. The number of furan rings is 1. The van der Waals surface area contributed by atoms with Gasteiger partial charge in [-0.3, -0.25) is 4.90 Å². The molecule has 0 saturated carbocycles. The van der Waals surface area contributed by atoms with Crippen LogP contribution in [0.5, 0.6) is 0 Å². The number of carboxylic acid groups (broad SMARTS) is 1. The molecule has 2 fully saturated rings. The molecule has 0 amide bonds. The molecule has 1 spiro atoms. The summed E-state index contributed by atoms with van der Waals surface area (Å²) in [5.41, 5.74) is -0.0911. The summed E-state index contributed by atoms with van der Waals surface area (Å²) < 4.78 is 68.1. The number of likely N-dealkylation sites (tertiary alicyclic amines) is 1. The second-order valence-electron chi connectivity index (χ2n) is 6.99. The maximum Gasteiger partial charge on any atom is 0.490 e. The molecule has 3 heterocycles. The van der Waals surface area contributed by atoms with E-state index in [-0.39, 0.29) is 5.41 Å². The first-order valence-corrected chi connectivity index (χ1v) is 10.3. The average molecular weight is 428 g/mol. The van der Waals surface area contributed by atoms with Gasteiger partial charge in [0.2, 0.25) is 10.0 Å². The molecule has 1 aromatic rings. The van der Waals surface area contributed by atoms with Crippen LogP contribution >= 0.6 is 0 Å². The van der Waals surface area contributed by atoms with Gasteiger partial charge in [-0.05, 0) is 25.1 Å². The molecule has 28 heavy (non-hydrogen) atoms. The van der Waals surface area contributed by atoms with E-state index in [0.29, 0.717) is 26.3 Å². The lowest BCUT2D eigenvalue weighted by atomic mass is 9.88. The molecule has 1 atom stereocenters. The van der Waals surface area contributed by atoms with Gasteiger partial charge < -0.3 is 14.3 Å². The summed E-state index contributed by atoms with van der Waals surface area (Å²) in [7, 11) is -3.16. The number of sulfonamides is 1. The van der Waals surface area contributed by atoms with Crippen molar-refractivity contribution in [3.05, 3.63) is 24.2 Å². The summed E-state index contributed by atoms with van der Waals surface area (Å²) >= 11 is 0. The Kier molecular flexibility index (Phi) is 7.12. The fourth-order valence-electron chi connectivity index (χ4n) is 3.27. The van der Waals surface area contributed by atoms with Crippen LogP contribution in [0.3, 0.4) is 0 Å². The predicted octanol–water partition coefficient (Wildman–Crippen LogP) is 1.40. The number of halogens is 3. The smallest absolute Gasteiger partial charge is 0.475 e. The van der Waals surface area contributed by atoms with Gasteiger partial charge in [0.15, 0.2) is 0 Å². The molecule has 1 aromatic heterocycles. The van der Waals surface area contributed by atoms with Crippen molar-refractivity contribution >= 4 is 16.0 Å². The second-order valence-corrected chi connectivity index (χ2v) is 8.97. The van der Waals surface area contributed by atoms with Crippen molar-refractivity contribution in [3.63, 3.8) is 0 Å². The first-order chi connectivity index (χ1) is 12.9. The second kappa shape index (κ2) is 8.80. The largest absolute Gasteiger partial charge is 0.490 e. The van der Waals surface area contributed by atoms with Crippen LogP contribution in [0.15, 0.2) is 22.8 Å². The zero-order valence-corrected chi connectivity index (χ0v) is 16.1. The zero-order valence-electron chi connectivity index (χ0n) is 15.3. The Labute approximate surface area is 160 Å². The third kappa shape index (κ3) is 6.47. The maximum atomic E-state index is 11.9. The van der Waals surface area contributed by atoms with Gasteiger partial charge >= 0.3 is 12.1 Å². The highest BCUT2D eigenvalue weighted by Crippen LogP contribution is 2.34. The average Bonchev–Trinajstić information content (AvgIpc) is 3.14. The number of nitrogens with zero attached hydrogens (tertiary/aromatic N) is 2. The van der Waals surface area contributed by atoms with Crippen LogP contribution in [-0.2, 0) is 26.1 Å². The molecule has 12 heteroatoms. The van der Waals surface area contributed by atoms with E-state index in [1.807, 2.05) is 12.1 Å². The van der Waals surface area contributed by atoms with Crippen molar-refractivity contribution < 1.29 is 40.6 Å².